The summed E-state index contributed by atoms with van der Waals surface area (Å²) in [5.74, 6) is -0.839. The van der Waals surface area contributed by atoms with E-state index in [1.165, 1.54) is 18.2 Å². The van der Waals surface area contributed by atoms with Crippen molar-refractivity contribution in [2.45, 2.75) is 13.0 Å². The number of hydrogen-bond donors (Lipinski definition) is 2. The van der Waals surface area contributed by atoms with Crippen LogP contribution >= 0.6 is 23.2 Å². The molecule has 0 aliphatic rings. The topological polar surface area (TPSA) is 58.2 Å². The van der Waals surface area contributed by atoms with Crippen molar-refractivity contribution >= 4 is 35.1 Å². The SMILES string of the molecule is O=C(CCCl)NC(=O)NCc1ccc(F)c(Cl)c1. The zero-order valence-electron chi connectivity index (χ0n) is 9.30. The molecule has 98 valence electrons. The Kier molecular flexibility index (Phi) is 5.88. The molecule has 0 aliphatic carbocycles. The first-order valence-electron chi connectivity index (χ1n) is 5.10. The molecule has 0 saturated heterocycles. The minimum absolute atomic E-state index is 0.0204. The second-order valence-electron chi connectivity index (χ2n) is 3.42. The lowest BCUT2D eigenvalue weighted by Gasteiger charge is -2.06. The average Bonchev–Trinajstić information content (AvgIpc) is 2.31. The summed E-state index contributed by atoms with van der Waals surface area (Å²) < 4.78 is 12.9. The number of rotatable bonds is 4. The highest BCUT2D eigenvalue weighted by Crippen LogP contribution is 2.15. The lowest BCUT2D eigenvalue weighted by atomic mass is 10.2. The first-order valence-corrected chi connectivity index (χ1v) is 6.01. The van der Waals surface area contributed by atoms with Crippen LogP contribution in [-0.4, -0.2) is 17.8 Å². The molecule has 7 heteroatoms. The van der Waals surface area contributed by atoms with Crippen molar-refractivity contribution in [3.63, 3.8) is 0 Å². The van der Waals surface area contributed by atoms with Gasteiger partial charge in [-0.15, -0.1) is 11.6 Å². The average molecular weight is 293 g/mol. The molecule has 1 aromatic rings. The van der Waals surface area contributed by atoms with Crippen LogP contribution in [0, 0.1) is 5.82 Å². The molecule has 0 unspecified atom stereocenters. The minimum atomic E-state index is -0.634. The molecule has 3 amide bonds. The number of halogens is 3. The summed E-state index contributed by atoms with van der Waals surface area (Å²) in [6, 6.07) is 3.46. The van der Waals surface area contributed by atoms with Gasteiger partial charge in [-0.2, -0.15) is 0 Å². The highest BCUT2D eigenvalue weighted by atomic mass is 35.5. The van der Waals surface area contributed by atoms with Crippen LogP contribution in [0.2, 0.25) is 5.02 Å². The number of alkyl halides is 1. The number of benzene rings is 1. The van der Waals surface area contributed by atoms with Gasteiger partial charge in [0.05, 0.1) is 5.02 Å². The Morgan fingerprint density at radius 1 is 1.33 bits per heavy atom. The second kappa shape index (κ2) is 7.18. The van der Waals surface area contributed by atoms with Gasteiger partial charge in [0.25, 0.3) is 0 Å². The van der Waals surface area contributed by atoms with Crippen molar-refractivity contribution in [1.82, 2.24) is 10.6 Å². The van der Waals surface area contributed by atoms with Gasteiger partial charge in [0.2, 0.25) is 5.91 Å². The van der Waals surface area contributed by atoms with E-state index in [9.17, 15) is 14.0 Å². The molecule has 0 bridgehead atoms. The maximum atomic E-state index is 12.9. The molecule has 0 atom stereocenters. The Hall–Kier alpha value is -1.33. The van der Waals surface area contributed by atoms with Crippen molar-refractivity contribution in [3.05, 3.63) is 34.6 Å². The fraction of sp³-hybridized carbons (Fsp3) is 0.273. The first kappa shape index (κ1) is 14.7. The molecule has 0 saturated carbocycles. The normalized spacial score (nSPS) is 9.94. The Labute approximate surface area is 113 Å². The third-order valence-electron chi connectivity index (χ3n) is 2.01. The molecule has 0 aliphatic heterocycles. The zero-order chi connectivity index (χ0) is 13.5. The molecule has 4 nitrogen and oxygen atoms in total. The van der Waals surface area contributed by atoms with E-state index < -0.39 is 17.8 Å². The minimum Gasteiger partial charge on any atom is -0.334 e. The molecule has 0 spiro atoms. The summed E-state index contributed by atoms with van der Waals surface area (Å²) >= 11 is 10.9. The van der Waals surface area contributed by atoms with E-state index in [0.29, 0.717) is 5.56 Å². The van der Waals surface area contributed by atoms with Crippen LogP contribution in [0.15, 0.2) is 18.2 Å². The Morgan fingerprint density at radius 2 is 2.06 bits per heavy atom. The maximum absolute atomic E-state index is 12.9. The Balaban J connectivity index is 2.42. The smallest absolute Gasteiger partial charge is 0.321 e. The van der Waals surface area contributed by atoms with Crippen LogP contribution in [0.3, 0.4) is 0 Å². The summed E-state index contributed by atoms with van der Waals surface area (Å²) in [6.07, 6.45) is 0.0668. The number of nitrogens with one attached hydrogen (secondary N) is 2. The number of carbonyl (C=O) groups is 2. The summed E-state index contributed by atoms with van der Waals surface area (Å²) in [5.41, 5.74) is 0.626. The van der Waals surface area contributed by atoms with Crippen LogP contribution in [-0.2, 0) is 11.3 Å². The molecule has 1 aromatic carbocycles. The first-order chi connectivity index (χ1) is 8.52. The van der Waals surface area contributed by atoms with Crippen LogP contribution in [0.5, 0.6) is 0 Å². The van der Waals surface area contributed by atoms with Gasteiger partial charge in [0.1, 0.15) is 5.82 Å². The largest absolute Gasteiger partial charge is 0.334 e. The second-order valence-corrected chi connectivity index (χ2v) is 4.20. The standard InChI is InChI=1S/C11H11Cl2FN2O2/c12-4-3-10(17)16-11(18)15-6-7-1-2-9(14)8(13)5-7/h1-2,5H,3-4,6H2,(H2,15,16,17,18). The van der Waals surface area contributed by atoms with Crippen LogP contribution in [0.4, 0.5) is 9.18 Å². The number of carbonyl (C=O) groups excluding carboxylic acids is 2. The Morgan fingerprint density at radius 3 is 2.67 bits per heavy atom. The van der Waals surface area contributed by atoms with Gasteiger partial charge in [0.15, 0.2) is 0 Å². The van der Waals surface area contributed by atoms with Gasteiger partial charge in [0, 0.05) is 18.8 Å². The molecule has 0 aromatic heterocycles. The number of imide groups is 1. The predicted molar refractivity (Wildman–Crippen MR) is 67.1 cm³/mol. The van der Waals surface area contributed by atoms with Crippen molar-refractivity contribution in [2.75, 3.05) is 5.88 Å². The van der Waals surface area contributed by atoms with Crippen molar-refractivity contribution in [3.8, 4) is 0 Å². The zero-order valence-corrected chi connectivity index (χ0v) is 10.8. The van der Waals surface area contributed by atoms with E-state index in [4.69, 9.17) is 23.2 Å². The molecule has 18 heavy (non-hydrogen) atoms. The summed E-state index contributed by atoms with van der Waals surface area (Å²) in [7, 11) is 0. The fourth-order valence-electron chi connectivity index (χ4n) is 1.15. The molecule has 0 fully saturated rings. The highest BCUT2D eigenvalue weighted by molar-refractivity contribution is 6.30. The number of hydrogen-bond acceptors (Lipinski definition) is 2. The summed E-state index contributed by atoms with van der Waals surface area (Å²) in [5, 5.41) is 4.52. The Bertz CT molecular complexity index is 455. The van der Waals surface area contributed by atoms with Crippen molar-refractivity contribution in [2.24, 2.45) is 0 Å². The fourth-order valence-corrected chi connectivity index (χ4v) is 1.53. The molecular weight excluding hydrogens is 282 g/mol. The van der Waals surface area contributed by atoms with Gasteiger partial charge < -0.3 is 5.32 Å². The number of urea groups is 1. The highest BCUT2D eigenvalue weighted by Gasteiger charge is 2.07. The van der Waals surface area contributed by atoms with Gasteiger partial charge in [-0.05, 0) is 17.7 Å². The van der Waals surface area contributed by atoms with Gasteiger partial charge >= 0.3 is 6.03 Å². The molecule has 1 rings (SSSR count). The van der Waals surface area contributed by atoms with Crippen molar-refractivity contribution in [1.29, 1.82) is 0 Å². The van der Waals surface area contributed by atoms with Crippen LogP contribution < -0.4 is 10.6 Å². The lowest BCUT2D eigenvalue weighted by Crippen LogP contribution is -2.39. The van der Waals surface area contributed by atoms with Crippen LogP contribution in [0.1, 0.15) is 12.0 Å². The van der Waals surface area contributed by atoms with Crippen LogP contribution in [0.25, 0.3) is 0 Å². The molecule has 0 radical (unpaired) electrons. The summed E-state index contributed by atoms with van der Waals surface area (Å²) in [6.45, 7) is 0.139. The van der Waals surface area contributed by atoms with E-state index in [-0.39, 0.29) is 23.9 Å². The lowest BCUT2D eigenvalue weighted by molar-refractivity contribution is -0.119. The quantitative estimate of drug-likeness (QED) is 0.838. The van der Waals surface area contributed by atoms with Gasteiger partial charge in [-0.3, -0.25) is 10.1 Å². The molecule has 2 N–H and O–H groups in total. The van der Waals surface area contributed by atoms with E-state index in [2.05, 4.69) is 10.6 Å². The third kappa shape index (κ3) is 4.89. The van der Waals surface area contributed by atoms with E-state index in [1.54, 1.807) is 0 Å². The van der Waals surface area contributed by atoms with Gasteiger partial charge in [-0.25, -0.2) is 9.18 Å². The van der Waals surface area contributed by atoms with E-state index >= 15 is 0 Å². The maximum Gasteiger partial charge on any atom is 0.321 e. The molecule has 0 heterocycles. The van der Waals surface area contributed by atoms with E-state index in [1.807, 2.05) is 0 Å². The summed E-state index contributed by atoms with van der Waals surface area (Å²) in [4.78, 5) is 22.3. The monoisotopic (exact) mass is 292 g/mol. The third-order valence-corrected chi connectivity index (χ3v) is 2.49. The number of amides is 3. The molecular formula is C11H11Cl2FN2O2. The van der Waals surface area contributed by atoms with E-state index in [0.717, 1.165) is 0 Å². The van der Waals surface area contributed by atoms with Crippen molar-refractivity contribution < 1.29 is 14.0 Å². The van der Waals surface area contributed by atoms with Gasteiger partial charge in [-0.1, -0.05) is 17.7 Å². The predicted octanol–water partition coefficient (Wildman–Crippen LogP) is 2.43.